The molecule has 0 bridgehead atoms. The second-order valence-corrected chi connectivity index (χ2v) is 5.58. The molecule has 1 aliphatic rings. The van der Waals surface area contributed by atoms with E-state index in [1.165, 1.54) is 0 Å². The average Bonchev–Trinajstić information content (AvgIpc) is 2.35. The maximum absolute atomic E-state index is 12.9. The Hall–Kier alpha value is -1.48. The van der Waals surface area contributed by atoms with Crippen molar-refractivity contribution in [1.29, 1.82) is 0 Å². The minimum atomic E-state index is -6.09. The lowest BCUT2D eigenvalue weighted by molar-refractivity contribution is -0.370. The Balaban J connectivity index is 2.99. The summed E-state index contributed by atoms with van der Waals surface area (Å²) in [6, 6.07) is 0. The Morgan fingerprint density at radius 2 is 1.43 bits per heavy atom. The summed E-state index contributed by atoms with van der Waals surface area (Å²) in [5.74, 6) is -4.40. The number of hydrogen-bond acceptors (Lipinski definition) is 3. The number of ether oxygens (including phenoxy) is 1. The summed E-state index contributed by atoms with van der Waals surface area (Å²) in [5, 5.41) is 8.42. The van der Waals surface area contributed by atoms with Crippen molar-refractivity contribution in [2.24, 2.45) is 5.92 Å². The largest absolute Gasteiger partial charge is 0.481 e. The van der Waals surface area contributed by atoms with Crippen LogP contribution >= 0.6 is 0 Å². The molecule has 0 saturated heterocycles. The summed E-state index contributed by atoms with van der Waals surface area (Å²) >= 11 is 0. The second kappa shape index (κ2) is 6.96. The zero-order valence-electron chi connectivity index (χ0n) is 12.0. The number of carboxylic acids is 1. The Morgan fingerprint density at radius 1 is 0.957 bits per heavy atom. The minimum Gasteiger partial charge on any atom is -0.481 e. The van der Waals surface area contributed by atoms with Gasteiger partial charge < -0.3 is 9.84 Å². The van der Waals surface area contributed by atoms with E-state index in [2.05, 4.69) is 4.74 Å². The number of carbonyl (C=O) groups excluding carboxylic acids is 1. The van der Waals surface area contributed by atoms with Crippen molar-refractivity contribution in [2.75, 3.05) is 0 Å². The third kappa shape index (κ3) is 4.74. The number of halogens is 6. The molecule has 0 unspecified atom stereocenters. The molecule has 10 heteroatoms. The standard InChI is InChI=1S/C13H16F6O4/c14-12(15,16)11(7-9(20)21,13(17,18)19)23-10(22)6-8-4-2-1-3-5-8/h8H,1-7H2,(H,20,21). The molecule has 1 fully saturated rings. The Morgan fingerprint density at radius 3 is 1.83 bits per heavy atom. The van der Waals surface area contributed by atoms with E-state index in [0.29, 0.717) is 12.8 Å². The molecule has 0 heterocycles. The highest BCUT2D eigenvalue weighted by molar-refractivity contribution is 5.73. The second-order valence-electron chi connectivity index (χ2n) is 5.58. The smallest absolute Gasteiger partial charge is 0.438 e. The van der Waals surface area contributed by atoms with Gasteiger partial charge in [0.05, 0.1) is 0 Å². The predicted octanol–water partition coefficient (Wildman–Crippen LogP) is 3.84. The van der Waals surface area contributed by atoms with Crippen LogP contribution in [-0.2, 0) is 14.3 Å². The molecule has 134 valence electrons. The van der Waals surface area contributed by atoms with Gasteiger partial charge in [0.15, 0.2) is 0 Å². The van der Waals surface area contributed by atoms with Crippen molar-refractivity contribution in [2.45, 2.75) is 62.9 Å². The van der Waals surface area contributed by atoms with Crippen LogP contribution in [-0.4, -0.2) is 35.0 Å². The lowest BCUT2D eigenvalue weighted by Gasteiger charge is -2.35. The normalized spacial score (nSPS) is 17.8. The lowest BCUT2D eigenvalue weighted by atomic mass is 9.87. The zero-order chi connectivity index (χ0) is 17.9. The van der Waals surface area contributed by atoms with Crippen LogP contribution in [0.3, 0.4) is 0 Å². The first-order valence-electron chi connectivity index (χ1n) is 6.96. The molecule has 0 aromatic rings. The number of hydrogen-bond donors (Lipinski definition) is 1. The van der Waals surface area contributed by atoms with Gasteiger partial charge in [0.1, 0.15) is 6.42 Å². The molecule has 1 saturated carbocycles. The summed E-state index contributed by atoms with van der Waals surface area (Å²) in [4.78, 5) is 22.1. The van der Waals surface area contributed by atoms with Crippen molar-refractivity contribution < 1.29 is 45.8 Å². The number of rotatable bonds is 5. The van der Waals surface area contributed by atoms with Crippen molar-refractivity contribution in [3.63, 3.8) is 0 Å². The first-order valence-corrected chi connectivity index (χ1v) is 6.96. The quantitative estimate of drug-likeness (QED) is 0.604. The molecule has 0 amide bonds. The van der Waals surface area contributed by atoms with Gasteiger partial charge in [-0.05, 0) is 18.8 Å². The molecular formula is C13H16F6O4. The number of carbonyl (C=O) groups is 2. The molecule has 1 N–H and O–H groups in total. The van der Waals surface area contributed by atoms with Gasteiger partial charge in [0.2, 0.25) is 0 Å². The molecule has 23 heavy (non-hydrogen) atoms. The Kier molecular flexibility index (Phi) is 5.92. The van der Waals surface area contributed by atoms with Gasteiger partial charge >= 0.3 is 29.9 Å². The van der Waals surface area contributed by atoms with Crippen molar-refractivity contribution in [3.05, 3.63) is 0 Å². The summed E-state index contributed by atoms with van der Waals surface area (Å²) in [6.45, 7) is 0. The summed E-state index contributed by atoms with van der Waals surface area (Å²) in [7, 11) is 0. The molecule has 0 aliphatic heterocycles. The van der Waals surface area contributed by atoms with Crippen LogP contribution in [0.25, 0.3) is 0 Å². The molecular weight excluding hydrogens is 334 g/mol. The van der Waals surface area contributed by atoms with E-state index in [4.69, 9.17) is 5.11 Å². The van der Waals surface area contributed by atoms with E-state index in [-0.39, 0.29) is 5.92 Å². The van der Waals surface area contributed by atoms with E-state index < -0.39 is 42.7 Å². The van der Waals surface area contributed by atoms with E-state index in [1.54, 1.807) is 0 Å². The SMILES string of the molecule is O=C(O)CC(OC(=O)CC1CCCCC1)(C(F)(F)F)C(F)(F)F. The topological polar surface area (TPSA) is 63.6 Å². The molecule has 0 spiro atoms. The van der Waals surface area contributed by atoms with Crippen LogP contribution in [0.4, 0.5) is 26.3 Å². The van der Waals surface area contributed by atoms with Gasteiger partial charge in [-0.3, -0.25) is 9.59 Å². The highest BCUT2D eigenvalue weighted by atomic mass is 19.4. The van der Waals surface area contributed by atoms with Gasteiger partial charge in [0.25, 0.3) is 0 Å². The van der Waals surface area contributed by atoms with Gasteiger partial charge in [-0.1, -0.05) is 19.3 Å². The molecule has 0 radical (unpaired) electrons. The zero-order valence-corrected chi connectivity index (χ0v) is 12.0. The van der Waals surface area contributed by atoms with Crippen molar-refractivity contribution in [3.8, 4) is 0 Å². The minimum absolute atomic E-state index is 0.347. The van der Waals surface area contributed by atoms with Crippen LogP contribution in [0.15, 0.2) is 0 Å². The number of alkyl halides is 6. The van der Waals surface area contributed by atoms with E-state index in [9.17, 15) is 35.9 Å². The summed E-state index contributed by atoms with van der Waals surface area (Å²) < 4.78 is 81.2. The molecule has 0 atom stereocenters. The summed E-state index contributed by atoms with van der Waals surface area (Å²) in [6.07, 6.45) is -11.8. The fourth-order valence-electron chi connectivity index (χ4n) is 2.59. The fourth-order valence-corrected chi connectivity index (χ4v) is 2.59. The Bertz CT molecular complexity index is 423. The highest BCUT2D eigenvalue weighted by Crippen LogP contribution is 2.48. The summed E-state index contributed by atoms with van der Waals surface area (Å²) in [5.41, 5.74) is -5.03. The number of carboxylic acid groups (broad SMARTS) is 1. The van der Waals surface area contributed by atoms with Crippen LogP contribution < -0.4 is 0 Å². The third-order valence-corrected chi connectivity index (χ3v) is 3.78. The molecule has 4 nitrogen and oxygen atoms in total. The Labute approximate surface area is 127 Å². The van der Waals surface area contributed by atoms with Gasteiger partial charge in [-0.25, -0.2) is 0 Å². The lowest BCUT2D eigenvalue weighted by Crippen LogP contribution is -2.60. The van der Waals surface area contributed by atoms with Crippen LogP contribution in [0.1, 0.15) is 44.9 Å². The monoisotopic (exact) mass is 350 g/mol. The molecule has 0 aromatic heterocycles. The van der Waals surface area contributed by atoms with E-state index >= 15 is 0 Å². The number of aliphatic carboxylic acids is 1. The van der Waals surface area contributed by atoms with E-state index in [0.717, 1.165) is 19.3 Å². The maximum atomic E-state index is 12.9. The van der Waals surface area contributed by atoms with Crippen LogP contribution in [0.5, 0.6) is 0 Å². The fraction of sp³-hybridized carbons (Fsp3) is 0.846. The first kappa shape index (κ1) is 19.6. The van der Waals surface area contributed by atoms with Crippen molar-refractivity contribution in [1.82, 2.24) is 0 Å². The van der Waals surface area contributed by atoms with Crippen LogP contribution in [0, 0.1) is 5.92 Å². The molecule has 1 aliphatic carbocycles. The van der Waals surface area contributed by atoms with Gasteiger partial charge in [-0.15, -0.1) is 0 Å². The maximum Gasteiger partial charge on any atom is 0.438 e. The molecule has 1 rings (SSSR count). The number of esters is 1. The van der Waals surface area contributed by atoms with Crippen LogP contribution in [0.2, 0.25) is 0 Å². The van der Waals surface area contributed by atoms with Gasteiger partial charge in [0, 0.05) is 6.42 Å². The molecule has 0 aromatic carbocycles. The first-order chi connectivity index (χ1) is 10.4. The van der Waals surface area contributed by atoms with E-state index in [1.807, 2.05) is 0 Å². The average molecular weight is 350 g/mol. The van der Waals surface area contributed by atoms with Crippen molar-refractivity contribution >= 4 is 11.9 Å². The predicted molar refractivity (Wildman–Crippen MR) is 64.4 cm³/mol. The highest BCUT2D eigenvalue weighted by Gasteiger charge is 2.75. The third-order valence-electron chi connectivity index (χ3n) is 3.78. The van der Waals surface area contributed by atoms with Gasteiger partial charge in [-0.2, -0.15) is 26.3 Å².